The Morgan fingerprint density at radius 2 is 1.72 bits per heavy atom. The van der Waals surface area contributed by atoms with Crippen molar-refractivity contribution in [3.05, 3.63) is 71.5 Å². The molecule has 1 amide bonds. The smallest absolute Gasteiger partial charge is 0.480 e. The van der Waals surface area contributed by atoms with E-state index in [0.29, 0.717) is 28.8 Å². The number of nitrogen functional groups attached to an aromatic ring is 2. The number of carboxylic acid groups (broad SMARTS) is 1. The molecule has 0 bridgehead atoms. The number of benzene rings is 2. The van der Waals surface area contributed by atoms with Crippen LogP contribution >= 0.6 is 0 Å². The molecule has 2 aromatic carbocycles. The zero-order valence-corrected chi connectivity index (χ0v) is 23.0. The molecule has 16 heteroatoms. The summed E-state index contributed by atoms with van der Waals surface area (Å²) in [6, 6.07) is 11.3. The highest BCUT2D eigenvalue weighted by molar-refractivity contribution is 6.58. The van der Waals surface area contributed by atoms with Gasteiger partial charge in [0.1, 0.15) is 12.6 Å². The van der Waals surface area contributed by atoms with Gasteiger partial charge in [-0.05, 0) is 41.7 Å². The van der Waals surface area contributed by atoms with Gasteiger partial charge in [-0.3, -0.25) is 9.59 Å². The molecule has 8 N–H and O–H groups in total. The molecular weight excluding hydrogens is 559 g/mol. The van der Waals surface area contributed by atoms with Gasteiger partial charge in [0, 0.05) is 24.7 Å². The summed E-state index contributed by atoms with van der Waals surface area (Å²) in [5.41, 5.74) is 14.6. The summed E-state index contributed by atoms with van der Waals surface area (Å²) in [6.07, 6.45) is 1.14. The molecule has 0 saturated carbocycles. The van der Waals surface area contributed by atoms with Gasteiger partial charge >= 0.3 is 19.1 Å². The minimum atomic E-state index is -1.60. The van der Waals surface area contributed by atoms with Gasteiger partial charge in [0.05, 0.1) is 18.4 Å². The number of fused-ring (bicyclic) bond motifs is 1. The van der Waals surface area contributed by atoms with Crippen LogP contribution in [0.15, 0.2) is 54.7 Å². The average molecular weight is 588 g/mol. The molecule has 0 spiro atoms. The second-order valence-corrected chi connectivity index (χ2v) is 9.58. The zero-order chi connectivity index (χ0) is 31.1. The van der Waals surface area contributed by atoms with Crippen molar-refractivity contribution in [1.82, 2.24) is 25.3 Å². The van der Waals surface area contributed by atoms with E-state index in [1.165, 1.54) is 12.1 Å². The number of ether oxygens (including phenoxy) is 1. The molecule has 1 atom stereocenters. The number of carbonyl (C=O) groups excluding carboxylic acids is 2. The topological polar surface area (TPSA) is 240 Å². The van der Waals surface area contributed by atoms with E-state index >= 15 is 0 Å². The van der Waals surface area contributed by atoms with Crippen LogP contribution in [0.3, 0.4) is 0 Å². The lowest BCUT2D eigenvalue weighted by Crippen LogP contribution is -2.41. The van der Waals surface area contributed by atoms with Gasteiger partial charge in [0.25, 0.3) is 5.91 Å². The summed E-state index contributed by atoms with van der Waals surface area (Å²) < 4.78 is 5.16. The molecule has 222 valence electrons. The van der Waals surface area contributed by atoms with E-state index in [1.54, 1.807) is 42.6 Å². The van der Waals surface area contributed by atoms with Gasteiger partial charge in [-0.2, -0.15) is 9.97 Å². The van der Waals surface area contributed by atoms with Crippen LogP contribution in [0.25, 0.3) is 11.2 Å². The number of rotatable bonds is 12. The summed E-state index contributed by atoms with van der Waals surface area (Å²) in [7, 11) is 0.214. The molecule has 1 unspecified atom stereocenters. The molecule has 0 fully saturated rings. The van der Waals surface area contributed by atoms with Crippen molar-refractivity contribution in [2.24, 2.45) is 0 Å². The van der Waals surface area contributed by atoms with Crippen molar-refractivity contribution >= 4 is 59.0 Å². The van der Waals surface area contributed by atoms with E-state index in [4.69, 9.17) is 26.3 Å². The molecule has 2 heterocycles. The quantitative estimate of drug-likeness (QED) is 0.0913. The average Bonchev–Trinajstić information content (AvgIpc) is 2.98. The molecule has 0 radical (unpaired) electrons. The minimum absolute atomic E-state index is 0.00617. The second-order valence-electron chi connectivity index (χ2n) is 9.58. The lowest BCUT2D eigenvalue weighted by atomic mass is 9.80. The number of anilines is 3. The third kappa shape index (κ3) is 8.11. The summed E-state index contributed by atoms with van der Waals surface area (Å²) in [5, 5.41) is 30.3. The first-order chi connectivity index (χ1) is 20.5. The minimum Gasteiger partial charge on any atom is -0.480 e. The van der Waals surface area contributed by atoms with Crippen molar-refractivity contribution in [3.8, 4) is 0 Å². The highest BCUT2D eigenvalue weighted by Crippen LogP contribution is 2.19. The molecule has 43 heavy (non-hydrogen) atoms. The Balaban J connectivity index is 1.29. The van der Waals surface area contributed by atoms with E-state index in [9.17, 15) is 19.5 Å². The van der Waals surface area contributed by atoms with Crippen LogP contribution in [0.1, 0.15) is 34.5 Å². The Morgan fingerprint density at radius 3 is 2.37 bits per heavy atom. The molecule has 2 aromatic heterocycles. The van der Waals surface area contributed by atoms with Crippen LogP contribution in [0, 0.1) is 0 Å². The molecule has 4 rings (SSSR count). The largest absolute Gasteiger partial charge is 0.488 e. The normalized spacial score (nSPS) is 11.5. The number of carboxylic acids is 1. The fraction of sp³-hybridized carbons (Fsp3) is 0.222. The van der Waals surface area contributed by atoms with Crippen molar-refractivity contribution in [3.63, 3.8) is 0 Å². The molecule has 0 aliphatic rings. The number of aromatic nitrogens is 4. The molecule has 4 aromatic rings. The summed E-state index contributed by atoms with van der Waals surface area (Å²) in [4.78, 5) is 55.1. The van der Waals surface area contributed by atoms with E-state index in [-0.39, 0.29) is 42.4 Å². The van der Waals surface area contributed by atoms with Gasteiger partial charge in [-0.1, -0.05) is 24.3 Å². The lowest BCUT2D eigenvalue weighted by Gasteiger charge is -2.19. The van der Waals surface area contributed by atoms with E-state index in [0.717, 1.165) is 5.69 Å². The van der Waals surface area contributed by atoms with Crippen molar-refractivity contribution in [2.75, 3.05) is 23.4 Å². The van der Waals surface area contributed by atoms with Crippen LogP contribution in [0.2, 0.25) is 0 Å². The fourth-order valence-corrected chi connectivity index (χ4v) is 4.04. The highest BCUT2D eigenvalue weighted by Gasteiger charge is 2.22. The van der Waals surface area contributed by atoms with Gasteiger partial charge in [-0.15, -0.1) is 0 Å². The van der Waals surface area contributed by atoms with Gasteiger partial charge in [0.15, 0.2) is 17.0 Å². The van der Waals surface area contributed by atoms with Gasteiger partial charge < -0.3 is 41.6 Å². The molecule has 0 aliphatic heterocycles. The maximum atomic E-state index is 12.8. The van der Waals surface area contributed by atoms with E-state index in [1.807, 2.05) is 11.9 Å². The second kappa shape index (κ2) is 13.5. The Hall–Kier alpha value is -5.35. The predicted octanol–water partition coefficient (Wildman–Crippen LogP) is -0.393. The maximum Gasteiger partial charge on any atom is 0.488 e. The zero-order valence-electron chi connectivity index (χ0n) is 23.0. The number of aliphatic carboxylic acids is 1. The van der Waals surface area contributed by atoms with Crippen LogP contribution in [-0.4, -0.2) is 73.1 Å². The van der Waals surface area contributed by atoms with Crippen LogP contribution in [-0.2, 0) is 27.5 Å². The first-order valence-corrected chi connectivity index (χ1v) is 13.0. The summed E-state index contributed by atoms with van der Waals surface area (Å²) in [5.74, 6) is -2.42. The van der Waals surface area contributed by atoms with Crippen molar-refractivity contribution in [1.29, 1.82) is 0 Å². The predicted molar refractivity (Wildman–Crippen MR) is 157 cm³/mol. The number of nitrogens with one attached hydrogen (secondary N) is 1. The summed E-state index contributed by atoms with van der Waals surface area (Å²) >= 11 is 0. The third-order valence-electron chi connectivity index (χ3n) is 6.39. The van der Waals surface area contributed by atoms with Crippen LogP contribution in [0.5, 0.6) is 0 Å². The molecule has 15 nitrogen and oxygen atoms in total. The third-order valence-corrected chi connectivity index (χ3v) is 6.39. The number of hydrogen-bond acceptors (Lipinski definition) is 13. The van der Waals surface area contributed by atoms with Crippen molar-refractivity contribution in [2.45, 2.75) is 32.0 Å². The monoisotopic (exact) mass is 588 g/mol. The van der Waals surface area contributed by atoms with Crippen LogP contribution in [0.4, 0.5) is 17.5 Å². The Morgan fingerprint density at radius 1 is 1.02 bits per heavy atom. The number of esters is 1. The Bertz CT molecular complexity index is 1620. The standard InChI is InChI=1S/C27H29BN8O7/c1-36(13-18-12-31-24-22(32-18)23(29)34-27(30)35-24)19-8-4-16(5-9-19)25(38)33-20(26(39)40)10-11-21(37)43-14-15-2-6-17(7-3-15)28(41)42/h2-9,12,20,41-42H,10-11,13-14H2,1H3,(H,33,38)(H,39,40)(H4,29,30,31,34,35). The van der Waals surface area contributed by atoms with Gasteiger partial charge in [0.2, 0.25) is 5.95 Å². The number of amides is 1. The van der Waals surface area contributed by atoms with Crippen molar-refractivity contribution < 1.29 is 34.3 Å². The SMILES string of the molecule is CN(Cc1cnc2nc(N)nc(N)c2n1)c1ccc(C(=O)NC(CCC(=O)OCc2ccc(B(O)O)cc2)C(=O)O)cc1. The first kappa shape index (κ1) is 30.6. The van der Waals surface area contributed by atoms with E-state index < -0.39 is 31.0 Å². The number of nitrogens with zero attached hydrogens (tertiary/aromatic N) is 5. The van der Waals surface area contributed by atoms with E-state index in [2.05, 4.69) is 25.3 Å². The molecular formula is C27H29BN8O7. The number of hydrogen-bond donors (Lipinski definition) is 6. The molecule has 0 saturated heterocycles. The Kier molecular flexibility index (Phi) is 9.64. The fourth-order valence-electron chi connectivity index (χ4n) is 4.04. The van der Waals surface area contributed by atoms with Crippen LogP contribution < -0.4 is 27.1 Å². The number of nitrogens with two attached hydrogens (primary N) is 2. The first-order valence-electron chi connectivity index (χ1n) is 13.0. The molecule has 0 aliphatic carbocycles. The highest BCUT2D eigenvalue weighted by atomic mass is 16.5. The maximum absolute atomic E-state index is 12.8. The van der Waals surface area contributed by atoms with Gasteiger partial charge in [-0.25, -0.2) is 14.8 Å². The number of carbonyl (C=O) groups is 3. The Labute approximate surface area is 245 Å². The lowest BCUT2D eigenvalue weighted by molar-refractivity contribution is -0.145. The summed E-state index contributed by atoms with van der Waals surface area (Å²) in [6.45, 7) is 0.281.